The molecule has 0 saturated carbocycles. The first-order valence-corrected chi connectivity index (χ1v) is 6.88. The van der Waals surface area contributed by atoms with Gasteiger partial charge in [-0.3, -0.25) is 4.90 Å². The van der Waals surface area contributed by atoms with E-state index >= 15 is 0 Å². The molecule has 2 aliphatic rings. The molecule has 0 aromatic heterocycles. The van der Waals surface area contributed by atoms with Crippen LogP contribution in [0.4, 0.5) is 0 Å². The minimum absolute atomic E-state index is 0.533. The second-order valence-electron chi connectivity index (χ2n) is 5.55. The third-order valence-electron chi connectivity index (χ3n) is 4.40. The van der Waals surface area contributed by atoms with Crippen LogP contribution in [0.3, 0.4) is 0 Å². The van der Waals surface area contributed by atoms with Gasteiger partial charge < -0.3 is 15.0 Å². The third-order valence-corrected chi connectivity index (χ3v) is 4.40. The second kappa shape index (κ2) is 6.14. The molecule has 100 valence electrons. The Labute approximate surface area is 105 Å². The number of piperidine rings is 1. The largest absolute Gasteiger partial charge is 0.380 e. The number of rotatable bonds is 3. The molecule has 2 rings (SSSR count). The topological polar surface area (TPSA) is 27.7 Å². The van der Waals surface area contributed by atoms with E-state index in [1.807, 2.05) is 0 Å². The Kier molecular flexibility index (Phi) is 4.79. The monoisotopic (exact) mass is 241 g/mol. The Morgan fingerprint density at radius 3 is 2.88 bits per heavy atom. The number of likely N-dealkylation sites (tertiary alicyclic amines) is 1. The van der Waals surface area contributed by atoms with Crippen molar-refractivity contribution in [1.82, 2.24) is 15.1 Å². The van der Waals surface area contributed by atoms with Crippen molar-refractivity contribution in [3.8, 4) is 0 Å². The summed E-state index contributed by atoms with van der Waals surface area (Å²) in [5.41, 5.74) is 0. The van der Waals surface area contributed by atoms with E-state index in [4.69, 9.17) is 4.74 Å². The highest BCUT2D eigenvalue weighted by Gasteiger charge is 2.32. The molecule has 17 heavy (non-hydrogen) atoms. The highest BCUT2D eigenvalue weighted by Crippen LogP contribution is 2.20. The lowest BCUT2D eigenvalue weighted by Crippen LogP contribution is -2.58. The van der Waals surface area contributed by atoms with E-state index in [1.54, 1.807) is 0 Å². The number of nitrogens with zero attached hydrogens (tertiary/aromatic N) is 2. The van der Waals surface area contributed by atoms with Crippen LogP contribution in [0.2, 0.25) is 0 Å². The molecule has 3 unspecified atom stereocenters. The molecule has 3 atom stereocenters. The van der Waals surface area contributed by atoms with Gasteiger partial charge in [-0.25, -0.2) is 0 Å². The Balaban J connectivity index is 1.94. The lowest BCUT2D eigenvalue weighted by atomic mass is 9.97. The minimum atomic E-state index is 0.533. The predicted octanol–water partition coefficient (Wildman–Crippen LogP) is 0.389. The van der Waals surface area contributed by atoms with E-state index in [0.717, 1.165) is 19.6 Å². The van der Waals surface area contributed by atoms with Gasteiger partial charge in [-0.1, -0.05) is 0 Å². The van der Waals surface area contributed by atoms with Crippen molar-refractivity contribution in [1.29, 1.82) is 0 Å². The molecule has 0 aromatic rings. The fourth-order valence-electron chi connectivity index (χ4n) is 3.20. The van der Waals surface area contributed by atoms with Crippen LogP contribution in [0, 0.1) is 0 Å². The summed E-state index contributed by atoms with van der Waals surface area (Å²) >= 11 is 0. The molecule has 0 radical (unpaired) electrons. The van der Waals surface area contributed by atoms with Gasteiger partial charge in [0.25, 0.3) is 0 Å². The number of nitrogens with one attached hydrogen (secondary N) is 1. The van der Waals surface area contributed by atoms with Gasteiger partial charge in [-0.15, -0.1) is 0 Å². The van der Waals surface area contributed by atoms with Crippen LogP contribution in [0.5, 0.6) is 0 Å². The lowest BCUT2D eigenvalue weighted by Gasteiger charge is -2.44. The summed E-state index contributed by atoms with van der Waals surface area (Å²) in [6.45, 7) is 4.23. The summed E-state index contributed by atoms with van der Waals surface area (Å²) in [6.07, 6.45) is 3.78. The van der Waals surface area contributed by atoms with Crippen LogP contribution < -0.4 is 5.32 Å². The average molecular weight is 241 g/mol. The molecule has 0 aromatic carbocycles. The van der Waals surface area contributed by atoms with Gasteiger partial charge in [0.15, 0.2) is 0 Å². The lowest BCUT2D eigenvalue weighted by molar-refractivity contribution is -0.0178. The summed E-state index contributed by atoms with van der Waals surface area (Å²) in [5, 5.41) is 3.45. The number of hydrogen-bond acceptors (Lipinski definition) is 4. The van der Waals surface area contributed by atoms with E-state index in [9.17, 15) is 0 Å². The van der Waals surface area contributed by atoms with Crippen molar-refractivity contribution in [2.75, 3.05) is 47.4 Å². The Morgan fingerprint density at radius 1 is 1.35 bits per heavy atom. The fraction of sp³-hybridized carbons (Fsp3) is 1.00. The SMILES string of the molecule is CNC1CCOCC1N(C)C1CCCN(C)C1. The molecule has 0 aliphatic carbocycles. The molecule has 2 aliphatic heterocycles. The summed E-state index contributed by atoms with van der Waals surface area (Å²) in [4.78, 5) is 5.00. The highest BCUT2D eigenvalue weighted by atomic mass is 16.5. The molecule has 0 spiro atoms. The van der Waals surface area contributed by atoms with Crippen LogP contribution in [0.1, 0.15) is 19.3 Å². The van der Waals surface area contributed by atoms with E-state index in [0.29, 0.717) is 18.1 Å². The maximum atomic E-state index is 5.66. The van der Waals surface area contributed by atoms with Crippen molar-refractivity contribution in [2.24, 2.45) is 0 Å². The van der Waals surface area contributed by atoms with Crippen LogP contribution in [0.25, 0.3) is 0 Å². The van der Waals surface area contributed by atoms with Gasteiger partial charge >= 0.3 is 0 Å². The first-order valence-electron chi connectivity index (χ1n) is 6.88. The normalized spacial score (nSPS) is 36.4. The predicted molar refractivity (Wildman–Crippen MR) is 70.4 cm³/mol. The van der Waals surface area contributed by atoms with E-state index in [2.05, 4.69) is 36.3 Å². The molecule has 2 saturated heterocycles. The highest BCUT2D eigenvalue weighted by molar-refractivity contribution is 4.90. The van der Waals surface area contributed by atoms with E-state index in [-0.39, 0.29) is 0 Å². The molecule has 4 nitrogen and oxygen atoms in total. The van der Waals surface area contributed by atoms with Crippen molar-refractivity contribution in [3.05, 3.63) is 0 Å². The molecule has 1 N–H and O–H groups in total. The summed E-state index contributed by atoms with van der Waals surface area (Å²) < 4.78 is 5.66. The fourth-order valence-corrected chi connectivity index (χ4v) is 3.20. The molecule has 0 bridgehead atoms. The molecule has 2 heterocycles. The van der Waals surface area contributed by atoms with Gasteiger partial charge in [0.05, 0.1) is 6.61 Å². The Morgan fingerprint density at radius 2 is 2.18 bits per heavy atom. The van der Waals surface area contributed by atoms with Crippen LogP contribution in [-0.2, 0) is 4.74 Å². The smallest absolute Gasteiger partial charge is 0.0637 e. The van der Waals surface area contributed by atoms with Gasteiger partial charge in [0, 0.05) is 31.3 Å². The van der Waals surface area contributed by atoms with Crippen LogP contribution in [-0.4, -0.2) is 75.4 Å². The number of likely N-dealkylation sites (N-methyl/N-ethyl adjacent to an activating group) is 3. The van der Waals surface area contributed by atoms with Crippen LogP contribution >= 0.6 is 0 Å². The number of hydrogen-bond donors (Lipinski definition) is 1. The van der Waals surface area contributed by atoms with Gasteiger partial charge in [-0.05, 0) is 47.0 Å². The maximum Gasteiger partial charge on any atom is 0.0637 e. The third kappa shape index (κ3) is 3.19. The minimum Gasteiger partial charge on any atom is -0.380 e. The molecule has 0 amide bonds. The molecular formula is C13H27N3O. The molecular weight excluding hydrogens is 214 g/mol. The van der Waals surface area contributed by atoms with Gasteiger partial charge in [0.2, 0.25) is 0 Å². The van der Waals surface area contributed by atoms with Crippen molar-refractivity contribution in [3.63, 3.8) is 0 Å². The van der Waals surface area contributed by atoms with Crippen molar-refractivity contribution >= 4 is 0 Å². The zero-order chi connectivity index (χ0) is 12.3. The zero-order valence-electron chi connectivity index (χ0n) is 11.5. The zero-order valence-corrected chi connectivity index (χ0v) is 11.5. The van der Waals surface area contributed by atoms with Crippen molar-refractivity contribution in [2.45, 2.75) is 37.4 Å². The van der Waals surface area contributed by atoms with Crippen LogP contribution in [0.15, 0.2) is 0 Å². The average Bonchev–Trinajstić information content (AvgIpc) is 2.38. The maximum absolute atomic E-state index is 5.66. The summed E-state index contributed by atoms with van der Waals surface area (Å²) in [7, 11) is 6.57. The first kappa shape index (κ1) is 13.3. The Bertz CT molecular complexity index is 237. The molecule has 4 heteroatoms. The molecule has 2 fully saturated rings. The quantitative estimate of drug-likeness (QED) is 0.773. The summed E-state index contributed by atoms with van der Waals surface area (Å²) in [6, 6.07) is 1.81. The first-order chi connectivity index (χ1) is 8.22. The van der Waals surface area contributed by atoms with Crippen molar-refractivity contribution < 1.29 is 4.74 Å². The van der Waals surface area contributed by atoms with Gasteiger partial charge in [0.1, 0.15) is 0 Å². The summed E-state index contributed by atoms with van der Waals surface area (Å²) in [5.74, 6) is 0. The Hall–Kier alpha value is -0.160. The number of ether oxygens (including phenoxy) is 1. The standard InChI is InChI=1S/C13H27N3O/c1-14-12-6-8-17-10-13(12)16(3)11-5-4-7-15(2)9-11/h11-14H,4-10H2,1-3H3. The van der Waals surface area contributed by atoms with E-state index in [1.165, 1.54) is 25.9 Å². The van der Waals surface area contributed by atoms with E-state index < -0.39 is 0 Å². The van der Waals surface area contributed by atoms with Gasteiger partial charge in [-0.2, -0.15) is 0 Å². The second-order valence-corrected chi connectivity index (χ2v) is 5.55.